The standard InChI is InChI=1S/C24H24FN3O2/c1-18-8-12-21(13-9-18)27-24(30)28(22-14-10-20(25)11-15-22)17-5-16-26-23(29)19-6-3-2-4-7-19/h2-4,6-15H,5,16-17H2,1H3,(H,26,29)(H,27,30). The van der Waals surface area contributed by atoms with Crippen LogP contribution in [-0.2, 0) is 0 Å². The van der Waals surface area contributed by atoms with Gasteiger partial charge in [0.1, 0.15) is 5.82 Å². The molecule has 0 fully saturated rings. The van der Waals surface area contributed by atoms with Crippen molar-refractivity contribution in [2.24, 2.45) is 0 Å². The summed E-state index contributed by atoms with van der Waals surface area (Å²) < 4.78 is 13.3. The fourth-order valence-electron chi connectivity index (χ4n) is 2.93. The van der Waals surface area contributed by atoms with Crippen molar-refractivity contribution < 1.29 is 14.0 Å². The topological polar surface area (TPSA) is 61.4 Å². The monoisotopic (exact) mass is 405 g/mol. The summed E-state index contributed by atoms with van der Waals surface area (Å²) in [5, 5.41) is 5.72. The van der Waals surface area contributed by atoms with Crippen LogP contribution in [0.5, 0.6) is 0 Å². The van der Waals surface area contributed by atoms with Gasteiger partial charge in [-0.05, 0) is 61.9 Å². The molecule has 0 unspecified atom stereocenters. The molecule has 0 radical (unpaired) electrons. The van der Waals surface area contributed by atoms with Crippen molar-refractivity contribution in [1.82, 2.24) is 5.32 Å². The summed E-state index contributed by atoms with van der Waals surface area (Å²) in [5.74, 6) is -0.527. The van der Waals surface area contributed by atoms with Crippen LogP contribution in [0.3, 0.4) is 0 Å². The highest BCUT2D eigenvalue weighted by molar-refractivity contribution is 6.01. The van der Waals surface area contributed by atoms with Crippen molar-refractivity contribution in [1.29, 1.82) is 0 Å². The molecule has 0 saturated heterocycles. The number of amides is 3. The molecule has 3 rings (SSSR count). The van der Waals surface area contributed by atoms with Crippen molar-refractivity contribution >= 4 is 23.3 Å². The SMILES string of the molecule is Cc1ccc(NC(=O)N(CCCNC(=O)c2ccccc2)c2ccc(F)cc2)cc1. The van der Waals surface area contributed by atoms with Gasteiger partial charge < -0.3 is 10.6 Å². The van der Waals surface area contributed by atoms with E-state index < -0.39 is 0 Å². The molecule has 0 atom stereocenters. The van der Waals surface area contributed by atoms with Crippen molar-refractivity contribution in [3.8, 4) is 0 Å². The molecular weight excluding hydrogens is 381 g/mol. The van der Waals surface area contributed by atoms with Gasteiger partial charge in [-0.1, -0.05) is 35.9 Å². The maximum absolute atomic E-state index is 13.3. The predicted octanol–water partition coefficient (Wildman–Crippen LogP) is 4.99. The van der Waals surface area contributed by atoms with Crippen LogP contribution >= 0.6 is 0 Å². The smallest absolute Gasteiger partial charge is 0.326 e. The number of hydrogen-bond donors (Lipinski definition) is 2. The van der Waals surface area contributed by atoms with E-state index in [4.69, 9.17) is 0 Å². The molecule has 3 aromatic rings. The molecule has 6 heteroatoms. The van der Waals surface area contributed by atoms with Crippen LogP contribution in [0, 0.1) is 12.7 Å². The van der Waals surface area contributed by atoms with Crippen LogP contribution in [0.1, 0.15) is 22.3 Å². The predicted molar refractivity (Wildman–Crippen MR) is 117 cm³/mol. The zero-order valence-electron chi connectivity index (χ0n) is 16.8. The molecule has 3 aromatic carbocycles. The number of anilines is 2. The Morgan fingerprint density at radius 2 is 1.57 bits per heavy atom. The second-order valence-corrected chi connectivity index (χ2v) is 6.90. The van der Waals surface area contributed by atoms with Gasteiger partial charge in [-0.2, -0.15) is 0 Å². The van der Waals surface area contributed by atoms with Crippen molar-refractivity contribution in [2.45, 2.75) is 13.3 Å². The first-order valence-electron chi connectivity index (χ1n) is 9.77. The Balaban J connectivity index is 1.62. The minimum Gasteiger partial charge on any atom is -0.352 e. The Kier molecular flexibility index (Phi) is 7.16. The maximum Gasteiger partial charge on any atom is 0.326 e. The van der Waals surface area contributed by atoms with Crippen molar-refractivity contribution in [3.05, 3.63) is 95.8 Å². The number of aryl methyl sites for hydroxylation is 1. The van der Waals surface area contributed by atoms with E-state index in [1.54, 1.807) is 36.4 Å². The summed E-state index contributed by atoms with van der Waals surface area (Å²) in [4.78, 5) is 26.6. The Morgan fingerprint density at radius 3 is 2.23 bits per heavy atom. The molecular formula is C24H24FN3O2. The minimum absolute atomic E-state index is 0.159. The quantitative estimate of drug-likeness (QED) is 0.544. The van der Waals surface area contributed by atoms with Crippen LogP contribution in [0.2, 0.25) is 0 Å². The number of rotatable bonds is 7. The minimum atomic E-state index is -0.368. The number of nitrogens with one attached hydrogen (secondary N) is 2. The summed E-state index contributed by atoms with van der Waals surface area (Å²) >= 11 is 0. The van der Waals surface area contributed by atoms with Crippen LogP contribution in [0.4, 0.5) is 20.6 Å². The Bertz CT molecular complexity index is 974. The Labute approximate surface area is 175 Å². The van der Waals surface area contributed by atoms with E-state index in [9.17, 15) is 14.0 Å². The average molecular weight is 405 g/mol. The zero-order valence-corrected chi connectivity index (χ0v) is 16.8. The summed E-state index contributed by atoms with van der Waals surface area (Å²) in [6.45, 7) is 2.74. The maximum atomic E-state index is 13.3. The molecule has 0 aliphatic heterocycles. The third-order valence-corrected chi connectivity index (χ3v) is 4.57. The van der Waals surface area contributed by atoms with E-state index in [2.05, 4.69) is 10.6 Å². The van der Waals surface area contributed by atoms with Gasteiger partial charge in [-0.25, -0.2) is 9.18 Å². The van der Waals surface area contributed by atoms with E-state index >= 15 is 0 Å². The second kappa shape index (κ2) is 10.2. The van der Waals surface area contributed by atoms with Gasteiger partial charge in [0.25, 0.3) is 5.91 Å². The van der Waals surface area contributed by atoms with Crippen molar-refractivity contribution in [2.75, 3.05) is 23.3 Å². The highest BCUT2D eigenvalue weighted by atomic mass is 19.1. The molecule has 3 amide bonds. The lowest BCUT2D eigenvalue weighted by atomic mass is 10.2. The van der Waals surface area contributed by atoms with Crippen molar-refractivity contribution in [3.63, 3.8) is 0 Å². The molecule has 154 valence electrons. The van der Waals surface area contributed by atoms with Gasteiger partial charge in [-0.3, -0.25) is 9.69 Å². The fourth-order valence-corrected chi connectivity index (χ4v) is 2.93. The number of carbonyl (C=O) groups is 2. The number of hydrogen-bond acceptors (Lipinski definition) is 2. The van der Waals surface area contributed by atoms with Gasteiger partial charge in [0.2, 0.25) is 0 Å². The number of halogens is 1. The van der Waals surface area contributed by atoms with E-state index in [0.717, 1.165) is 5.56 Å². The lowest BCUT2D eigenvalue weighted by Gasteiger charge is -2.23. The first-order chi connectivity index (χ1) is 14.5. The molecule has 0 aliphatic carbocycles. The molecule has 0 aliphatic rings. The normalized spacial score (nSPS) is 10.3. The molecule has 0 heterocycles. The summed E-state index contributed by atoms with van der Waals surface area (Å²) in [6.07, 6.45) is 0.539. The molecule has 30 heavy (non-hydrogen) atoms. The van der Waals surface area contributed by atoms with Crippen LogP contribution in [-0.4, -0.2) is 25.0 Å². The molecule has 0 spiro atoms. The van der Waals surface area contributed by atoms with Gasteiger partial charge in [-0.15, -0.1) is 0 Å². The molecule has 0 saturated carbocycles. The van der Waals surface area contributed by atoms with Gasteiger partial charge >= 0.3 is 6.03 Å². The summed E-state index contributed by atoms with van der Waals surface area (Å²) in [5.41, 5.74) is 2.94. The fraction of sp³-hybridized carbons (Fsp3) is 0.167. The third kappa shape index (κ3) is 5.91. The third-order valence-electron chi connectivity index (χ3n) is 4.57. The van der Waals surface area contributed by atoms with Crippen LogP contribution in [0.15, 0.2) is 78.9 Å². The zero-order chi connectivity index (χ0) is 21.3. The van der Waals surface area contributed by atoms with E-state index in [0.29, 0.717) is 36.4 Å². The molecule has 2 N–H and O–H groups in total. The Morgan fingerprint density at radius 1 is 0.900 bits per heavy atom. The summed E-state index contributed by atoms with van der Waals surface area (Å²) in [7, 11) is 0. The number of urea groups is 1. The number of benzene rings is 3. The lowest BCUT2D eigenvalue weighted by molar-refractivity contribution is 0.0953. The Hall–Kier alpha value is -3.67. The molecule has 0 aromatic heterocycles. The van der Waals surface area contributed by atoms with Crippen LogP contribution in [0.25, 0.3) is 0 Å². The van der Waals surface area contributed by atoms with Gasteiger partial charge in [0.05, 0.1) is 0 Å². The van der Waals surface area contributed by atoms with Gasteiger partial charge in [0, 0.05) is 30.0 Å². The highest BCUT2D eigenvalue weighted by Gasteiger charge is 2.16. The largest absolute Gasteiger partial charge is 0.352 e. The van der Waals surface area contributed by atoms with E-state index in [1.807, 2.05) is 37.3 Å². The van der Waals surface area contributed by atoms with E-state index in [1.165, 1.54) is 17.0 Å². The van der Waals surface area contributed by atoms with E-state index in [-0.39, 0.29) is 17.8 Å². The highest BCUT2D eigenvalue weighted by Crippen LogP contribution is 2.18. The number of nitrogens with zero attached hydrogens (tertiary/aromatic N) is 1. The first kappa shape index (κ1) is 21.0. The summed E-state index contributed by atoms with van der Waals surface area (Å²) in [6, 6.07) is 21.9. The second-order valence-electron chi connectivity index (χ2n) is 6.90. The lowest BCUT2D eigenvalue weighted by Crippen LogP contribution is -2.37. The molecule has 5 nitrogen and oxygen atoms in total. The van der Waals surface area contributed by atoms with Gasteiger partial charge in [0.15, 0.2) is 0 Å². The van der Waals surface area contributed by atoms with Crippen LogP contribution < -0.4 is 15.5 Å². The molecule has 0 bridgehead atoms. The first-order valence-corrected chi connectivity index (χ1v) is 9.77. The average Bonchev–Trinajstić information content (AvgIpc) is 2.76. The number of carbonyl (C=O) groups excluding carboxylic acids is 2.